The Hall–Kier alpha value is -2.52. The molecule has 1 atom stereocenters. The van der Waals surface area contributed by atoms with Crippen molar-refractivity contribution in [3.05, 3.63) is 45.6 Å². The van der Waals surface area contributed by atoms with Crippen LogP contribution in [0.25, 0.3) is 0 Å². The van der Waals surface area contributed by atoms with Crippen LogP contribution in [0.5, 0.6) is 0 Å². The SMILES string of the molecule is Cc1ccc(Br)cc1C1(C(N)=O)NCN=C1C(=O)Nc1cc(C2CC2)[nH]n1. The summed E-state index contributed by atoms with van der Waals surface area (Å²) in [5.41, 5.74) is 6.72. The van der Waals surface area contributed by atoms with Gasteiger partial charge in [0.15, 0.2) is 11.4 Å². The van der Waals surface area contributed by atoms with Crippen LogP contribution in [0.4, 0.5) is 5.82 Å². The molecule has 9 heteroatoms. The van der Waals surface area contributed by atoms with Crippen molar-refractivity contribution < 1.29 is 9.59 Å². The topological polar surface area (TPSA) is 125 Å². The van der Waals surface area contributed by atoms with E-state index in [4.69, 9.17) is 5.73 Å². The number of carbonyl (C=O) groups is 2. The molecule has 2 heterocycles. The number of hydrogen-bond acceptors (Lipinski definition) is 5. The minimum absolute atomic E-state index is 0.0344. The van der Waals surface area contributed by atoms with Gasteiger partial charge in [0.05, 0.1) is 6.67 Å². The number of carbonyl (C=O) groups excluding carboxylic acids is 2. The number of anilines is 1. The molecule has 0 bridgehead atoms. The van der Waals surface area contributed by atoms with Gasteiger partial charge in [0.2, 0.25) is 5.91 Å². The smallest absolute Gasteiger partial charge is 0.273 e. The summed E-state index contributed by atoms with van der Waals surface area (Å²) in [6.45, 7) is 1.98. The summed E-state index contributed by atoms with van der Waals surface area (Å²) in [4.78, 5) is 29.7. The molecule has 1 aromatic heterocycles. The molecule has 2 aliphatic rings. The Morgan fingerprint density at radius 3 is 2.81 bits per heavy atom. The van der Waals surface area contributed by atoms with E-state index < -0.39 is 17.4 Å². The fourth-order valence-electron chi connectivity index (χ4n) is 3.42. The molecule has 1 saturated carbocycles. The van der Waals surface area contributed by atoms with Crippen LogP contribution in [0.3, 0.4) is 0 Å². The molecular weight excluding hydrogens is 412 g/mol. The summed E-state index contributed by atoms with van der Waals surface area (Å²) < 4.78 is 0.776. The van der Waals surface area contributed by atoms with Crippen LogP contribution in [-0.2, 0) is 15.1 Å². The number of nitrogens with one attached hydrogen (secondary N) is 3. The van der Waals surface area contributed by atoms with E-state index in [1.54, 1.807) is 6.07 Å². The number of aliphatic imine (C=N–C) groups is 1. The highest BCUT2D eigenvalue weighted by molar-refractivity contribution is 9.10. The van der Waals surface area contributed by atoms with Crippen molar-refractivity contribution >= 4 is 39.3 Å². The Kier molecular flexibility index (Phi) is 4.35. The lowest BCUT2D eigenvalue weighted by atomic mass is 9.82. The highest BCUT2D eigenvalue weighted by atomic mass is 79.9. The van der Waals surface area contributed by atoms with Gasteiger partial charge in [0.25, 0.3) is 5.91 Å². The van der Waals surface area contributed by atoms with Gasteiger partial charge in [-0.25, -0.2) is 0 Å². The number of aryl methyl sites for hydroxylation is 1. The molecule has 1 fully saturated rings. The molecule has 0 saturated heterocycles. The summed E-state index contributed by atoms with van der Waals surface area (Å²) in [6.07, 6.45) is 2.25. The maximum Gasteiger partial charge on any atom is 0.273 e. The van der Waals surface area contributed by atoms with Crippen molar-refractivity contribution in [3.63, 3.8) is 0 Å². The molecule has 1 aliphatic heterocycles. The number of hydrogen-bond donors (Lipinski definition) is 4. The third kappa shape index (κ3) is 3.06. The third-order valence-corrected chi connectivity index (χ3v) is 5.47. The highest BCUT2D eigenvalue weighted by Crippen LogP contribution is 2.39. The molecule has 8 nitrogen and oxygen atoms in total. The van der Waals surface area contributed by atoms with E-state index in [2.05, 4.69) is 41.8 Å². The van der Waals surface area contributed by atoms with Crippen LogP contribution in [-0.4, -0.2) is 34.4 Å². The molecule has 5 N–H and O–H groups in total. The molecule has 0 radical (unpaired) electrons. The summed E-state index contributed by atoms with van der Waals surface area (Å²) in [7, 11) is 0. The minimum atomic E-state index is -1.49. The quantitative estimate of drug-likeness (QED) is 0.575. The summed E-state index contributed by atoms with van der Waals surface area (Å²) in [6, 6.07) is 7.31. The zero-order valence-electron chi connectivity index (χ0n) is 14.7. The molecule has 0 spiro atoms. The largest absolute Gasteiger partial charge is 0.367 e. The number of rotatable bonds is 5. The number of aromatic nitrogens is 2. The summed E-state index contributed by atoms with van der Waals surface area (Å²) in [5.74, 6) is -0.300. The van der Waals surface area contributed by atoms with E-state index >= 15 is 0 Å². The molecule has 27 heavy (non-hydrogen) atoms. The molecule has 1 aliphatic carbocycles. The van der Waals surface area contributed by atoms with Crippen molar-refractivity contribution in [2.45, 2.75) is 31.2 Å². The fraction of sp³-hybridized carbons (Fsp3) is 0.333. The van der Waals surface area contributed by atoms with E-state index in [0.29, 0.717) is 17.3 Å². The van der Waals surface area contributed by atoms with Gasteiger partial charge in [0.1, 0.15) is 5.71 Å². The van der Waals surface area contributed by atoms with Crippen LogP contribution >= 0.6 is 15.9 Å². The number of primary amides is 1. The average molecular weight is 431 g/mol. The van der Waals surface area contributed by atoms with Gasteiger partial charge >= 0.3 is 0 Å². The van der Waals surface area contributed by atoms with Crippen molar-refractivity contribution in [1.29, 1.82) is 0 Å². The summed E-state index contributed by atoms with van der Waals surface area (Å²) >= 11 is 3.42. The molecule has 140 valence electrons. The van der Waals surface area contributed by atoms with Crippen LogP contribution in [0.15, 0.2) is 33.7 Å². The van der Waals surface area contributed by atoms with Crippen LogP contribution < -0.4 is 16.4 Å². The Morgan fingerprint density at radius 1 is 1.33 bits per heavy atom. The van der Waals surface area contributed by atoms with E-state index in [-0.39, 0.29) is 12.4 Å². The highest BCUT2D eigenvalue weighted by Gasteiger charge is 2.50. The number of nitrogens with zero attached hydrogens (tertiary/aromatic N) is 2. The zero-order chi connectivity index (χ0) is 19.2. The van der Waals surface area contributed by atoms with Crippen LogP contribution in [0.2, 0.25) is 0 Å². The van der Waals surface area contributed by atoms with Crippen molar-refractivity contribution in [3.8, 4) is 0 Å². The predicted molar refractivity (Wildman–Crippen MR) is 104 cm³/mol. The number of benzene rings is 1. The lowest BCUT2D eigenvalue weighted by Gasteiger charge is -2.29. The second-order valence-corrected chi connectivity index (χ2v) is 7.77. The molecule has 1 unspecified atom stereocenters. The first-order valence-corrected chi connectivity index (χ1v) is 9.44. The first kappa shape index (κ1) is 17.9. The van der Waals surface area contributed by atoms with Crippen molar-refractivity contribution in [2.75, 3.05) is 12.0 Å². The van der Waals surface area contributed by atoms with Crippen molar-refractivity contribution in [2.24, 2.45) is 10.7 Å². The number of halogens is 1. The second kappa shape index (κ2) is 6.58. The Morgan fingerprint density at radius 2 is 2.11 bits per heavy atom. The van der Waals surface area contributed by atoms with Crippen molar-refractivity contribution in [1.82, 2.24) is 15.5 Å². The lowest BCUT2D eigenvalue weighted by Crippen LogP contribution is -2.58. The van der Waals surface area contributed by atoms with Gasteiger partial charge < -0.3 is 11.1 Å². The normalized spacial score (nSPS) is 21.8. The molecule has 2 aromatic rings. The Labute approximate surface area is 164 Å². The summed E-state index contributed by atoms with van der Waals surface area (Å²) in [5, 5.41) is 12.8. The zero-order valence-corrected chi connectivity index (χ0v) is 16.3. The Balaban J connectivity index is 1.68. The number of amides is 2. The molecule has 4 rings (SSSR count). The number of nitrogens with two attached hydrogens (primary N) is 1. The fourth-order valence-corrected chi connectivity index (χ4v) is 3.78. The maximum absolute atomic E-state index is 12.9. The first-order chi connectivity index (χ1) is 12.9. The van der Waals surface area contributed by atoms with Gasteiger partial charge in [-0.2, -0.15) is 5.10 Å². The van der Waals surface area contributed by atoms with E-state index in [1.165, 1.54) is 0 Å². The molecule has 2 amide bonds. The minimum Gasteiger partial charge on any atom is -0.367 e. The van der Waals surface area contributed by atoms with E-state index in [9.17, 15) is 9.59 Å². The second-order valence-electron chi connectivity index (χ2n) is 6.85. The van der Waals surface area contributed by atoms with Gasteiger partial charge in [0, 0.05) is 22.2 Å². The molecule has 1 aromatic carbocycles. The van der Waals surface area contributed by atoms with E-state index in [1.807, 2.05) is 25.1 Å². The number of H-pyrrole nitrogens is 1. The first-order valence-electron chi connectivity index (χ1n) is 8.65. The Bertz CT molecular complexity index is 965. The van der Waals surface area contributed by atoms with E-state index in [0.717, 1.165) is 28.6 Å². The maximum atomic E-state index is 12.9. The third-order valence-electron chi connectivity index (χ3n) is 4.98. The van der Waals surface area contributed by atoms with Gasteiger partial charge in [-0.05, 0) is 43.0 Å². The molecular formula is C18H19BrN6O2. The average Bonchev–Trinajstić information content (AvgIpc) is 3.20. The van der Waals surface area contributed by atoms with Gasteiger partial charge in [-0.1, -0.05) is 22.0 Å². The van der Waals surface area contributed by atoms with Gasteiger partial charge in [-0.3, -0.25) is 25.0 Å². The number of aromatic amines is 1. The lowest BCUT2D eigenvalue weighted by molar-refractivity contribution is -0.123. The van der Waals surface area contributed by atoms with Crippen LogP contribution in [0, 0.1) is 6.92 Å². The van der Waals surface area contributed by atoms with Gasteiger partial charge in [-0.15, -0.1) is 0 Å². The predicted octanol–water partition coefficient (Wildman–Crippen LogP) is 1.68. The standard InChI is InChI=1S/C18H19BrN6O2/c1-9-2-5-11(19)6-12(9)18(17(20)27)15(21-8-22-18)16(26)23-14-7-13(24-25-14)10-3-4-10/h2,5-7,10,22H,3-4,8H2,1H3,(H2,20,27)(H2,23,24,25,26). The van der Waals surface area contributed by atoms with Crippen LogP contribution in [0.1, 0.15) is 35.6 Å². The monoisotopic (exact) mass is 430 g/mol.